The number of nitrogens with one attached hydrogen (secondary N) is 1. The first-order valence-corrected chi connectivity index (χ1v) is 8.79. The Morgan fingerprint density at radius 1 is 1.19 bits per heavy atom. The van der Waals surface area contributed by atoms with Gasteiger partial charge < -0.3 is 10.1 Å². The van der Waals surface area contributed by atoms with Crippen LogP contribution in [0.2, 0.25) is 0 Å². The summed E-state index contributed by atoms with van der Waals surface area (Å²) in [6, 6.07) is 9.88. The Balaban J connectivity index is 1.55. The molecule has 1 saturated heterocycles. The third kappa shape index (κ3) is 2.43. The van der Waals surface area contributed by atoms with Gasteiger partial charge in [-0.2, -0.15) is 0 Å². The average Bonchev–Trinajstić information content (AvgIpc) is 3.28. The van der Waals surface area contributed by atoms with Gasteiger partial charge in [0.05, 0.1) is 0 Å². The van der Waals surface area contributed by atoms with Gasteiger partial charge in [0.1, 0.15) is 0 Å². The van der Waals surface area contributed by atoms with Crippen molar-refractivity contribution in [2.24, 2.45) is 17.8 Å². The zero-order chi connectivity index (χ0) is 14.2. The minimum absolute atomic E-state index is 0.708. The summed E-state index contributed by atoms with van der Waals surface area (Å²) >= 11 is 0. The van der Waals surface area contributed by atoms with Crippen molar-refractivity contribution in [3.8, 4) is 0 Å². The van der Waals surface area contributed by atoms with Crippen molar-refractivity contribution in [3.05, 3.63) is 35.4 Å². The summed E-state index contributed by atoms with van der Waals surface area (Å²) < 4.78 is 5.58. The Morgan fingerprint density at radius 3 is 2.81 bits per heavy atom. The van der Waals surface area contributed by atoms with E-state index in [1.807, 2.05) is 0 Å². The van der Waals surface area contributed by atoms with Crippen LogP contribution in [0.1, 0.15) is 43.2 Å². The van der Waals surface area contributed by atoms with Crippen molar-refractivity contribution in [2.45, 2.75) is 44.6 Å². The molecule has 0 amide bonds. The molecule has 1 aliphatic heterocycles. The van der Waals surface area contributed by atoms with Crippen LogP contribution >= 0.6 is 0 Å². The molecule has 114 valence electrons. The van der Waals surface area contributed by atoms with E-state index < -0.39 is 0 Å². The Kier molecular flexibility index (Phi) is 3.76. The smallest absolute Gasteiger partial charge is 0.0469 e. The van der Waals surface area contributed by atoms with Gasteiger partial charge in [0, 0.05) is 19.3 Å². The molecule has 1 N–H and O–H groups in total. The first-order chi connectivity index (χ1) is 10.4. The lowest BCUT2D eigenvalue weighted by Gasteiger charge is -2.31. The maximum Gasteiger partial charge on any atom is 0.0469 e. The van der Waals surface area contributed by atoms with Crippen LogP contribution in [0.15, 0.2) is 24.3 Å². The molecule has 4 unspecified atom stereocenters. The first-order valence-electron chi connectivity index (χ1n) is 8.79. The molecule has 3 aliphatic rings. The van der Waals surface area contributed by atoms with Crippen molar-refractivity contribution in [1.29, 1.82) is 0 Å². The summed E-state index contributed by atoms with van der Waals surface area (Å²) in [6.45, 7) is 5.28. The van der Waals surface area contributed by atoms with Gasteiger partial charge in [-0.3, -0.25) is 0 Å². The normalized spacial score (nSPS) is 33.1. The second-order valence-electron chi connectivity index (χ2n) is 7.04. The summed E-state index contributed by atoms with van der Waals surface area (Å²) in [5.74, 6) is 3.46. The molecule has 1 saturated carbocycles. The first kappa shape index (κ1) is 13.8. The molecule has 1 aromatic carbocycles. The van der Waals surface area contributed by atoms with Crippen LogP contribution in [0.3, 0.4) is 0 Å². The topological polar surface area (TPSA) is 21.3 Å². The highest BCUT2D eigenvalue weighted by atomic mass is 16.5. The van der Waals surface area contributed by atoms with Crippen molar-refractivity contribution >= 4 is 0 Å². The van der Waals surface area contributed by atoms with Crippen LogP contribution in [-0.4, -0.2) is 25.8 Å². The SMILES string of the molecule is CCNC(C1CCOCC1)C1C2CCc3ccccc3C21. The molecule has 1 aromatic rings. The van der Waals surface area contributed by atoms with E-state index in [1.165, 1.54) is 25.7 Å². The quantitative estimate of drug-likeness (QED) is 0.916. The maximum absolute atomic E-state index is 5.58. The number of aryl methyl sites for hydroxylation is 1. The molecular weight excluding hydrogens is 258 g/mol. The lowest BCUT2D eigenvalue weighted by atomic mass is 9.87. The molecule has 0 radical (unpaired) electrons. The van der Waals surface area contributed by atoms with Gasteiger partial charge in [0.25, 0.3) is 0 Å². The number of ether oxygens (including phenoxy) is 1. The van der Waals surface area contributed by atoms with Crippen molar-refractivity contribution < 1.29 is 4.74 Å². The number of benzene rings is 1. The monoisotopic (exact) mass is 285 g/mol. The van der Waals surface area contributed by atoms with E-state index in [0.29, 0.717) is 6.04 Å². The highest BCUT2D eigenvalue weighted by molar-refractivity contribution is 5.40. The molecular formula is C19H27NO. The van der Waals surface area contributed by atoms with E-state index in [-0.39, 0.29) is 0 Å². The van der Waals surface area contributed by atoms with E-state index in [9.17, 15) is 0 Å². The van der Waals surface area contributed by atoms with E-state index in [0.717, 1.165) is 43.4 Å². The predicted molar refractivity (Wildman–Crippen MR) is 85.5 cm³/mol. The molecule has 0 bridgehead atoms. The Hall–Kier alpha value is -0.860. The molecule has 2 fully saturated rings. The molecule has 2 nitrogen and oxygen atoms in total. The largest absolute Gasteiger partial charge is 0.381 e. The fourth-order valence-electron chi connectivity index (χ4n) is 5.04. The van der Waals surface area contributed by atoms with E-state index in [1.54, 1.807) is 11.1 Å². The Labute approximate surface area is 128 Å². The van der Waals surface area contributed by atoms with Crippen LogP contribution in [0.4, 0.5) is 0 Å². The van der Waals surface area contributed by atoms with E-state index in [4.69, 9.17) is 4.74 Å². The summed E-state index contributed by atoms with van der Waals surface area (Å²) in [5.41, 5.74) is 3.28. The molecule has 4 rings (SSSR count). The van der Waals surface area contributed by atoms with Gasteiger partial charge >= 0.3 is 0 Å². The van der Waals surface area contributed by atoms with E-state index >= 15 is 0 Å². The Morgan fingerprint density at radius 2 is 2.00 bits per heavy atom. The predicted octanol–water partition coefficient (Wildman–Crippen LogP) is 3.37. The Bertz CT molecular complexity index is 494. The third-order valence-electron chi connectivity index (χ3n) is 6.02. The third-order valence-corrected chi connectivity index (χ3v) is 6.02. The fourth-order valence-corrected chi connectivity index (χ4v) is 5.04. The standard InChI is InChI=1S/C19H27NO/c1-2-20-19(14-9-11-21-12-10-14)18-16-8-7-13-5-3-4-6-15(13)17(16)18/h3-6,14,16-20H,2,7-12H2,1H3. The molecule has 2 heteroatoms. The highest BCUT2D eigenvalue weighted by Crippen LogP contribution is 2.62. The van der Waals surface area contributed by atoms with Crippen molar-refractivity contribution in [1.82, 2.24) is 5.32 Å². The molecule has 21 heavy (non-hydrogen) atoms. The summed E-state index contributed by atoms with van der Waals surface area (Å²) in [4.78, 5) is 0. The summed E-state index contributed by atoms with van der Waals surface area (Å²) in [7, 11) is 0. The van der Waals surface area contributed by atoms with Gasteiger partial charge in [-0.15, -0.1) is 0 Å². The van der Waals surface area contributed by atoms with Gasteiger partial charge in [-0.1, -0.05) is 31.2 Å². The van der Waals surface area contributed by atoms with Crippen LogP contribution in [0.25, 0.3) is 0 Å². The van der Waals surface area contributed by atoms with Crippen molar-refractivity contribution in [2.75, 3.05) is 19.8 Å². The average molecular weight is 285 g/mol. The number of rotatable bonds is 4. The van der Waals surface area contributed by atoms with Gasteiger partial charge in [-0.05, 0) is 67.0 Å². The molecule has 1 heterocycles. The lowest BCUT2D eigenvalue weighted by molar-refractivity contribution is 0.0499. The minimum atomic E-state index is 0.708. The number of hydrogen-bond acceptors (Lipinski definition) is 2. The zero-order valence-electron chi connectivity index (χ0n) is 13.1. The van der Waals surface area contributed by atoms with E-state index in [2.05, 4.69) is 36.5 Å². The summed E-state index contributed by atoms with van der Waals surface area (Å²) in [5, 5.41) is 3.85. The lowest BCUT2D eigenvalue weighted by Crippen LogP contribution is -2.41. The molecule has 0 aromatic heterocycles. The second kappa shape index (κ2) is 5.73. The number of fused-ring (bicyclic) bond motifs is 3. The summed E-state index contributed by atoms with van der Waals surface area (Å²) in [6.07, 6.45) is 5.18. The van der Waals surface area contributed by atoms with Gasteiger partial charge in [0.2, 0.25) is 0 Å². The molecule has 2 aliphatic carbocycles. The highest BCUT2D eigenvalue weighted by Gasteiger charge is 2.57. The second-order valence-corrected chi connectivity index (χ2v) is 7.04. The molecule has 4 atom stereocenters. The van der Waals surface area contributed by atoms with Gasteiger partial charge in [0.15, 0.2) is 0 Å². The molecule has 0 spiro atoms. The minimum Gasteiger partial charge on any atom is -0.381 e. The van der Waals surface area contributed by atoms with Gasteiger partial charge in [-0.25, -0.2) is 0 Å². The van der Waals surface area contributed by atoms with Crippen molar-refractivity contribution in [3.63, 3.8) is 0 Å². The maximum atomic E-state index is 5.58. The van der Waals surface area contributed by atoms with Crippen LogP contribution in [0.5, 0.6) is 0 Å². The van der Waals surface area contributed by atoms with Crippen LogP contribution in [-0.2, 0) is 11.2 Å². The number of hydrogen-bond donors (Lipinski definition) is 1. The van der Waals surface area contributed by atoms with Crippen LogP contribution in [0, 0.1) is 17.8 Å². The van der Waals surface area contributed by atoms with Crippen LogP contribution < -0.4 is 5.32 Å². The fraction of sp³-hybridized carbons (Fsp3) is 0.684. The zero-order valence-corrected chi connectivity index (χ0v) is 13.1.